The number of halogens is 1. The number of rotatable bonds is 1. The first-order valence-corrected chi connectivity index (χ1v) is 5.42. The van der Waals surface area contributed by atoms with Gasteiger partial charge in [-0.1, -0.05) is 54.1 Å². The first-order chi connectivity index (χ1) is 7.86. The maximum absolute atomic E-state index is 6.08. The number of aromatic amines is 1. The third-order valence-electron chi connectivity index (χ3n) is 2.60. The molecule has 3 rings (SSSR count). The molecule has 3 heteroatoms. The summed E-state index contributed by atoms with van der Waals surface area (Å²) in [4.78, 5) is 0. The number of benzene rings is 2. The normalized spacial score (nSPS) is 10.8. The molecule has 2 aromatic carbocycles. The maximum atomic E-state index is 6.08. The van der Waals surface area contributed by atoms with Gasteiger partial charge in [0.05, 0.1) is 10.7 Å². The summed E-state index contributed by atoms with van der Waals surface area (Å²) in [5.41, 5.74) is 2.95. The molecule has 0 spiro atoms. The minimum atomic E-state index is 0.677. The Morgan fingerprint density at radius 1 is 0.938 bits per heavy atom. The van der Waals surface area contributed by atoms with Crippen LogP contribution >= 0.6 is 11.6 Å². The number of para-hydroxylation sites is 1. The number of nitrogens with zero attached hydrogens (tertiary/aromatic N) is 1. The Morgan fingerprint density at radius 3 is 2.56 bits per heavy atom. The SMILES string of the molecule is Clc1cccc2c(-c3ccccc3)[nH]nc12. The predicted octanol–water partition coefficient (Wildman–Crippen LogP) is 3.88. The van der Waals surface area contributed by atoms with Crippen LogP contribution in [0.2, 0.25) is 5.02 Å². The fourth-order valence-corrected chi connectivity index (χ4v) is 2.04. The molecule has 1 aromatic heterocycles. The second-order valence-electron chi connectivity index (χ2n) is 3.60. The lowest BCUT2D eigenvalue weighted by Gasteiger charge is -1.97. The van der Waals surface area contributed by atoms with Crippen molar-refractivity contribution >= 4 is 22.5 Å². The fourth-order valence-electron chi connectivity index (χ4n) is 1.83. The van der Waals surface area contributed by atoms with Crippen LogP contribution in [0.1, 0.15) is 0 Å². The largest absolute Gasteiger partial charge is 0.277 e. The van der Waals surface area contributed by atoms with Crippen LogP contribution in [0, 0.1) is 0 Å². The molecule has 0 aliphatic rings. The van der Waals surface area contributed by atoms with E-state index in [1.165, 1.54) is 0 Å². The van der Waals surface area contributed by atoms with Crippen molar-refractivity contribution in [3.05, 3.63) is 53.6 Å². The summed E-state index contributed by atoms with van der Waals surface area (Å²) in [5.74, 6) is 0. The van der Waals surface area contributed by atoms with Crippen molar-refractivity contribution in [3.63, 3.8) is 0 Å². The smallest absolute Gasteiger partial charge is 0.111 e. The number of H-pyrrole nitrogens is 1. The van der Waals surface area contributed by atoms with E-state index in [0.717, 1.165) is 22.2 Å². The maximum Gasteiger partial charge on any atom is 0.111 e. The van der Waals surface area contributed by atoms with Gasteiger partial charge in [-0.25, -0.2) is 0 Å². The summed E-state index contributed by atoms with van der Waals surface area (Å²) >= 11 is 6.08. The molecule has 0 amide bonds. The summed E-state index contributed by atoms with van der Waals surface area (Å²) < 4.78 is 0. The van der Waals surface area contributed by atoms with E-state index in [0.29, 0.717) is 5.02 Å². The van der Waals surface area contributed by atoms with Gasteiger partial charge < -0.3 is 0 Å². The molecule has 3 aromatic rings. The Bertz CT molecular complexity index is 629. The predicted molar refractivity (Wildman–Crippen MR) is 66.5 cm³/mol. The summed E-state index contributed by atoms with van der Waals surface area (Å²) in [6, 6.07) is 15.9. The van der Waals surface area contributed by atoms with E-state index in [1.807, 2.05) is 48.5 Å². The van der Waals surface area contributed by atoms with Gasteiger partial charge in [0.2, 0.25) is 0 Å². The molecule has 0 fully saturated rings. The minimum Gasteiger partial charge on any atom is -0.277 e. The number of fused-ring (bicyclic) bond motifs is 1. The number of hydrogen-bond acceptors (Lipinski definition) is 1. The van der Waals surface area contributed by atoms with Crippen LogP contribution in [-0.4, -0.2) is 10.2 Å². The zero-order valence-corrected chi connectivity index (χ0v) is 9.20. The Labute approximate surface area is 97.9 Å². The molecular formula is C13H9ClN2. The van der Waals surface area contributed by atoms with E-state index in [-0.39, 0.29) is 0 Å². The van der Waals surface area contributed by atoms with Gasteiger partial charge >= 0.3 is 0 Å². The molecule has 0 atom stereocenters. The second kappa shape index (κ2) is 3.65. The van der Waals surface area contributed by atoms with Crippen LogP contribution in [0.25, 0.3) is 22.2 Å². The average Bonchev–Trinajstić information content (AvgIpc) is 2.75. The number of nitrogens with one attached hydrogen (secondary N) is 1. The highest BCUT2D eigenvalue weighted by molar-refractivity contribution is 6.35. The summed E-state index contributed by atoms with van der Waals surface area (Å²) in [6.45, 7) is 0. The molecule has 78 valence electrons. The molecule has 2 nitrogen and oxygen atoms in total. The molecule has 0 aliphatic heterocycles. The van der Waals surface area contributed by atoms with E-state index >= 15 is 0 Å². The van der Waals surface area contributed by atoms with Gasteiger partial charge in [-0.2, -0.15) is 5.10 Å². The van der Waals surface area contributed by atoms with E-state index < -0.39 is 0 Å². The summed E-state index contributed by atoms with van der Waals surface area (Å²) in [5, 5.41) is 9.01. The zero-order chi connectivity index (χ0) is 11.0. The van der Waals surface area contributed by atoms with Crippen molar-refractivity contribution in [2.75, 3.05) is 0 Å². The molecule has 0 unspecified atom stereocenters. The highest BCUT2D eigenvalue weighted by Gasteiger charge is 2.08. The topological polar surface area (TPSA) is 28.7 Å². The lowest BCUT2D eigenvalue weighted by molar-refractivity contribution is 1.12. The number of aromatic nitrogens is 2. The Hall–Kier alpha value is -1.80. The molecule has 0 bridgehead atoms. The molecule has 16 heavy (non-hydrogen) atoms. The van der Waals surface area contributed by atoms with Gasteiger partial charge in [0.1, 0.15) is 5.52 Å². The molecule has 0 radical (unpaired) electrons. The first-order valence-electron chi connectivity index (χ1n) is 5.04. The van der Waals surface area contributed by atoms with E-state index in [4.69, 9.17) is 11.6 Å². The Morgan fingerprint density at radius 2 is 1.75 bits per heavy atom. The highest BCUT2D eigenvalue weighted by atomic mass is 35.5. The molecule has 1 N–H and O–H groups in total. The van der Waals surface area contributed by atoms with Gasteiger partial charge in [0.25, 0.3) is 0 Å². The van der Waals surface area contributed by atoms with Gasteiger partial charge in [-0.3, -0.25) is 5.10 Å². The first kappa shape index (κ1) is 9.43. The van der Waals surface area contributed by atoms with Crippen molar-refractivity contribution in [2.45, 2.75) is 0 Å². The molecule has 0 saturated heterocycles. The van der Waals surface area contributed by atoms with Gasteiger partial charge in [-0.05, 0) is 6.07 Å². The van der Waals surface area contributed by atoms with Crippen molar-refractivity contribution in [1.29, 1.82) is 0 Å². The van der Waals surface area contributed by atoms with Crippen molar-refractivity contribution in [3.8, 4) is 11.3 Å². The Kier molecular flexibility index (Phi) is 2.15. The average molecular weight is 229 g/mol. The van der Waals surface area contributed by atoms with Crippen LogP contribution in [0.4, 0.5) is 0 Å². The lowest BCUT2D eigenvalue weighted by Crippen LogP contribution is -1.77. The van der Waals surface area contributed by atoms with Gasteiger partial charge in [0, 0.05) is 10.9 Å². The lowest BCUT2D eigenvalue weighted by atomic mass is 10.1. The van der Waals surface area contributed by atoms with Crippen molar-refractivity contribution in [1.82, 2.24) is 10.2 Å². The van der Waals surface area contributed by atoms with Gasteiger partial charge in [-0.15, -0.1) is 0 Å². The van der Waals surface area contributed by atoms with E-state index in [2.05, 4.69) is 10.2 Å². The van der Waals surface area contributed by atoms with Gasteiger partial charge in [0.15, 0.2) is 0 Å². The Balaban J connectivity index is 2.30. The molecule has 0 aliphatic carbocycles. The minimum absolute atomic E-state index is 0.677. The summed E-state index contributed by atoms with van der Waals surface area (Å²) in [6.07, 6.45) is 0. The number of hydrogen-bond donors (Lipinski definition) is 1. The summed E-state index contributed by atoms with van der Waals surface area (Å²) in [7, 11) is 0. The third kappa shape index (κ3) is 1.39. The standard InChI is InChI=1S/C13H9ClN2/c14-11-8-4-7-10-12(15-16-13(10)11)9-5-2-1-3-6-9/h1-8H,(H,15,16). The molecular weight excluding hydrogens is 220 g/mol. The van der Waals surface area contributed by atoms with Crippen molar-refractivity contribution < 1.29 is 0 Å². The fraction of sp³-hybridized carbons (Fsp3) is 0. The van der Waals surface area contributed by atoms with E-state index in [9.17, 15) is 0 Å². The second-order valence-corrected chi connectivity index (χ2v) is 4.01. The van der Waals surface area contributed by atoms with E-state index in [1.54, 1.807) is 0 Å². The van der Waals surface area contributed by atoms with Crippen LogP contribution < -0.4 is 0 Å². The molecule has 1 heterocycles. The molecule has 0 saturated carbocycles. The quantitative estimate of drug-likeness (QED) is 0.673. The van der Waals surface area contributed by atoms with Crippen LogP contribution in [0.5, 0.6) is 0 Å². The third-order valence-corrected chi connectivity index (χ3v) is 2.90. The highest BCUT2D eigenvalue weighted by Crippen LogP contribution is 2.29. The zero-order valence-electron chi connectivity index (χ0n) is 8.44. The van der Waals surface area contributed by atoms with Crippen LogP contribution in [-0.2, 0) is 0 Å². The van der Waals surface area contributed by atoms with Crippen LogP contribution in [0.3, 0.4) is 0 Å². The monoisotopic (exact) mass is 228 g/mol. The van der Waals surface area contributed by atoms with Crippen LogP contribution in [0.15, 0.2) is 48.5 Å². The van der Waals surface area contributed by atoms with Crippen molar-refractivity contribution in [2.24, 2.45) is 0 Å².